The average molecular weight is 412 g/mol. The van der Waals surface area contributed by atoms with E-state index in [-0.39, 0.29) is 17.7 Å². The molecule has 3 heterocycles. The maximum absolute atomic E-state index is 12.9. The van der Waals surface area contributed by atoms with Crippen molar-refractivity contribution in [3.05, 3.63) is 51.5 Å². The van der Waals surface area contributed by atoms with Crippen molar-refractivity contribution in [3.63, 3.8) is 0 Å². The number of fused-ring (bicyclic) bond motifs is 1. The number of thiophene rings is 1. The molecule has 154 valence electrons. The Balaban J connectivity index is 1.32. The Morgan fingerprint density at radius 1 is 1.17 bits per heavy atom. The number of aryl methyl sites for hydroxylation is 1. The largest absolute Gasteiger partial charge is 0.355 e. The fourth-order valence-electron chi connectivity index (χ4n) is 4.29. The lowest BCUT2D eigenvalue weighted by atomic mass is 9.87. The van der Waals surface area contributed by atoms with Crippen molar-refractivity contribution in [1.82, 2.24) is 15.2 Å². The molecule has 6 heteroatoms. The van der Waals surface area contributed by atoms with E-state index in [9.17, 15) is 9.59 Å². The first kappa shape index (κ1) is 20.1. The summed E-state index contributed by atoms with van der Waals surface area (Å²) >= 11 is 1.64. The predicted octanol–water partition coefficient (Wildman–Crippen LogP) is 3.62. The zero-order chi connectivity index (χ0) is 20.1. The van der Waals surface area contributed by atoms with Gasteiger partial charge in [-0.1, -0.05) is 18.9 Å². The Hall–Kier alpha value is -2.21. The number of carbonyl (C=O) groups is 2. The molecule has 2 amide bonds. The number of rotatable bonds is 5. The number of carbonyl (C=O) groups excluding carboxylic acids is 2. The van der Waals surface area contributed by atoms with Crippen LogP contribution in [0.15, 0.2) is 30.5 Å². The zero-order valence-corrected chi connectivity index (χ0v) is 17.7. The highest BCUT2D eigenvalue weighted by Gasteiger charge is 2.28. The standard InChI is InChI=1S/C23H29N3O2S/c27-22(25-12-10-19-7-3-4-11-24-19)17-8-9-20-18(15-17)16-21(29-20)23(28)26-13-5-1-2-6-14-26/h3-4,7,11,16-17H,1-2,5-6,8-10,12-15H2,(H,25,27)/t17-/m1/s1. The normalized spacial score (nSPS) is 19.3. The Labute approximate surface area is 176 Å². The molecule has 0 unspecified atom stereocenters. The van der Waals surface area contributed by atoms with Crippen LogP contribution in [0.2, 0.25) is 0 Å². The summed E-state index contributed by atoms with van der Waals surface area (Å²) in [4.78, 5) is 34.0. The van der Waals surface area contributed by atoms with Gasteiger partial charge in [0, 0.05) is 48.7 Å². The van der Waals surface area contributed by atoms with E-state index in [4.69, 9.17) is 0 Å². The van der Waals surface area contributed by atoms with Crippen LogP contribution in [0.25, 0.3) is 0 Å². The number of nitrogens with one attached hydrogen (secondary N) is 1. The van der Waals surface area contributed by atoms with Crippen LogP contribution in [-0.4, -0.2) is 41.3 Å². The number of likely N-dealkylation sites (tertiary alicyclic amines) is 1. The van der Waals surface area contributed by atoms with Crippen LogP contribution in [0.4, 0.5) is 0 Å². The van der Waals surface area contributed by atoms with Crippen molar-refractivity contribution >= 4 is 23.2 Å². The summed E-state index contributed by atoms with van der Waals surface area (Å²) in [5.41, 5.74) is 2.19. The second-order valence-electron chi connectivity index (χ2n) is 8.07. The first-order valence-electron chi connectivity index (χ1n) is 10.8. The van der Waals surface area contributed by atoms with Crippen LogP contribution in [-0.2, 0) is 24.1 Å². The molecule has 2 aromatic heterocycles. The summed E-state index contributed by atoms with van der Waals surface area (Å²) in [6.07, 6.45) is 9.69. The molecule has 1 N–H and O–H groups in total. The van der Waals surface area contributed by atoms with Gasteiger partial charge in [0.25, 0.3) is 5.91 Å². The third-order valence-electron chi connectivity index (χ3n) is 5.96. The van der Waals surface area contributed by atoms with Gasteiger partial charge in [0.15, 0.2) is 0 Å². The zero-order valence-electron chi connectivity index (χ0n) is 16.9. The van der Waals surface area contributed by atoms with Gasteiger partial charge in [-0.2, -0.15) is 0 Å². The molecule has 1 fully saturated rings. The van der Waals surface area contributed by atoms with Crippen LogP contribution < -0.4 is 5.32 Å². The minimum Gasteiger partial charge on any atom is -0.355 e. The monoisotopic (exact) mass is 411 g/mol. The highest BCUT2D eigenvalue weighted by Crippen LogP contribution is 2.33. The lowest BCUT2D eigenvalue weighted by molar-refractivity contribution is -0.125. The summed E-state index contributed by atoms with van der Waals surface area (Å²) < 4.78 is 0. The Morgan fingerprint density at radius 2 is 2.00 bits per heavy atom. The number of hydrogen-bond donors (Lipinski definition) is 1. The molecule has 5 nitrogen and oxygen atoms in total. The van der Waals surface area contributed by atoms with E-state index in [1.54, 1.807) is 17.5 Å². The second-order valence-corrected chi connectivity index (χ2v) is 9.20. The fraction of sp³-hybridized carbons (Fsp3) is 0.522. The van der Waals surface area contributed by atoms with Crippen LogP contribution in [0.1, 0.15) is 57.9 Å². The van der Waals surface area contributed by atoms with E-state index in [2.05, 4.69) is 16.4 Å². The van der Waals surface area contributed by atoms with Crippen molar-refractivity contribution in [2.75, 3.05) is 19.6 Å². The fourth-order valence-corrected chi connectivity index (χ4v) is 5.46. The van der Waals surface area contributed by atoms with E-state index in [1.165, 1.54) is 23.3 Å². The molecule has 0 radical (unpaired) electrons. The minimum atomic E-state index is 0.00183. The van der Waals surface area contributed by atoms with Crippen LogP contribution in [0.3, 0.4) is 0 Å². The number of pyridine rings is 1. The molecule has 4 rings (SSSR count). The van der Waals surface area contributed by atoms with Gasteiger partial charge < -0.3 is 10.2 Å². The molecule has 1 aliphatic heterocycles. The molecular weight excluding hydrogens is 382 g/mol. The van der Waals surface area contributed by atoms with Gasteiger partial charge in [-0.15, -0.1) is 11.3 Å². The molecule has 0 aromatic carbocycles. The van der Waals surface area contributed by atoms with Crippen molar-refractivity contribution in [2.45, 2.75) is 51.4 Å². The van der Waals surface area contributed by atoms with Crippen LogP contribution >= 0.6 is 11.3 Å². The smallest absolute Gasteiger partial charge is 0.263 e. The third kappa shape index (κ3) is 5.04. The van der Waals surface area contributed by atoms with Gasteiger partial charge in [-0.05, 0) is 55.9 Å². The summed E-state index contributed by atoms with van der Waals surface area (Å²) in [7, 11) is 0. The first-order valence-corrected chi connectivity index (χ1v) is 11.6. The molecule has 29 heavy (non-hydrogen) atoms. The number of amides is 2. The van der Waals surface area contributed by atoms with Crippen LogP contribution in [0.5, 0.6) is 0 Å². The minimum absolute atomic E-state index is 0.00183. The maximum atomic E-state index is 12.9. The molecule has 1 atom stereocenters. The SMILES string of the molecule is O=C(NCCc1ccccn1)[C@@H]1CCc2sc(C(=O)N3CCCCCC3)cc2C1. The lowest BCUT2D eigenvalue weighted by Gasteiger charge is -2.21. The molecular formula is C23H29N3O2S. The maximum Gasteiger partial charge on any atom is 0.263 e. The summed E-state index contributed by atoms with van der Waals surface area (Å²) in [5.74, 6) is 0.308. The van der Waals surface area contributed by atoms with E-state index in [0.29, 0.717) is 6.54 Å². The highest BCUT2D eigenvalue weighted by molar-refractivity contribution is 7.14. The topological polar surface area (TPSA) is 62.3 Å². The Kier molecular flexibility index (Phi) is 6.60. The molecule has 0 saturated carbocycles. The first-order chi connectivity index (χ1) is 14.2. The molecule has 1 aliphatic carbocycles. The lowest BCUT2D eigenvalue weighted by Crippen LogP contribution is -2.35. The average Bonchev–Trinajstić information content (AvgIpc) is 2.99. The van der Waals surface area contributed by atoms with E-state index < -0.39 is 0 Å². The number of nitrogens with zero attached hydrogens (tertiary/aromatic N) is 2. The van der Waals surface area contributed by atoms with Crippen molar-refractivity contribution in [2.24, 2.45) is 5.92 Å². The van der Waals surface area contributed by atoms with E-state index in [0.717, 1.165) is 62.2 Å². The quantitative estimate of drug-likeness (QED) is 0.817. The predicted molar refractivity (Wildman–Crippen MR) is 115 cm³/mol. The van der Waals surface area contributed by atoms with Crippen molar-refractivity contribution < 1.29 is 9.59 Å². The number of aromatic nitrogens is 1. The van der Waals surface area contributed by atoms with Gasteiger partial charge in [0.1, 0.15) is 0 Å². The van der Waals surface area contributed by atoms with Gasteiger partial charge >= 0.3 is 0 Å². The van der Waals surface area contributed by atoms with Gasteiger partial charge in [0.2, 0.25) is 5.91 Å². The van der Waals surface area contributed by atoms with E-state index in [1.807, 2.05) is 23.1 Å². The van der Waals surface area contributed by atoms with Crippen molar-refractivity contribution in [3.8, 4) is 0 Å². The van der Waals surface area contributed by atoms with Crippen LogP contribution in [0, 0.1) is 5.92 Å². The Bertz CT molecular complexity index is 841. The molecule has 0 spiro atoms. The second kappa shape index (κ2) is 9.53. The van der Waals surface area contributed by atoms with Gasteiger partial charge in [-0.3, -0.25) is 14.6 Å². The summed E-state index contributed by atoms with van der Waals surface area (Å²) in [6.45, 7) is 2.37. The molecule has 0 bridgehead atoms. The Morgan fingerprint density at radius 3 is 2.76 bits per heavy atom. The van der Waals surface area contributed by atoms with Gasteiger partial charge in [0.05, 0.1) is 4.88 Å². The molecule has 2 aliphatic rings. The molecule has 1 saturated heterocycles. The summed E-state index contributed by atoms with van der Waals surface area (Å²) in [5, 5.41) is 3.07. The number of hydrogen-bond acceptors (Lipinski definition) is 4. The third-order valence-corrected chi connectivity index (χ3v) is 7.19. The summed E-state index contributed by atoms with van der Waals surface area (Å²) in [6, 6.07) is 7.90. The molecule has 2 aromatic rings. The van der Waals surface area contributed by atoms with E-state index >= 15 is 0 Å². The van der Waals surface area contributed by atoms with Gasteiger partial charge in [-0.25, -0.2) is 0 Å². The highest BCUT2D eigenvalue weighted by atomic mass is 32.1. The van der Waals surface area contributed by atoms with Crippen molar-refractivity contribution in [1.29, 1.82) is 0 Å².